The molecule has 0 aliphatic carbocycles. The average molecular weight is 186 g/mol. The summed E-state index contributed by atoms with van der Waals surface area (Å²) in [5.74, 6) is 0. The van der Waals surface area contributed by atoms with Gasteiger partial charge in [0.1, 0.15) is 0 Å². The molecule has 76 valence electrons. The highest BCUT2D eigenvalue weighted by molar-refractivity contribution is 4.74. The molecule has 1 aliphatic heterocycles. The van der Waals surface area contributed by atoms with E-state index in [1.807, 2.05) is 6.08 Å². The number of unbranched alkanes of at least 4 members (excludes halogenated alkanes) is 1. The zero-order valence-corrected chi connectivity index (χ0v) is 7.95. The van der Waals surface area contributed by atoms with Gasteiger partial charge in [0.05, 0.1) is 12.9 Å². The maximum absolute atomic E-state index is 8.51. The maximum Gasteiger partial charge on any atom is 0.198 e. The molecule has 1 heterocycles. The number of aliphatic hydroxyl groups excluding tert-OH is 1. The van der Waals surface area contributed by atoms with Crippen LogP contribution in [0.3, 0.4) is 0 Å². The molecule has 3 nitrogen and oxygen atoms in total. The molecule has 13 heavy (non-hydrogen) atoms. The van der Waals surface area contributed by atoms with Gasteiger partial charge < -0.3 is 14.6 Å². The number of aliphatic hydroxyl groups is 1. The fraction of sp³-hybridized carbons (Fsp3) is 0.800. The van der Waals surface area contributed by atoms with Gasteiger partial charge >= 0.3 is 0 Å². The van der Waals surface area contributed by atoms with Gasteiger partial charge in [0, 0.05) is 13.0 Å². The Hall–Kier alpha value is -0.540. The van der Waals surface area contributed by atoms with E-state index >= 15 is 0 Å². The number of ether oxygens (including phenoxy) is 2. The Bertz CT molecular complexity index is 139. The van der Waals surface area contributed by atoms with Crippen LogP contribution in [0.4, 0.5) is 0 Å². The molecule has 1 aliphatic rings. The number of hydrogen-bond acceptors (Lipinski definition) is 3. The Morgan fingerprint density at radius 1 is 1.46 bits per heavy atom. The average Bonchev–Trinajstić information content (AvgIpc) is 2.19. The van der Waals surface area contributed by atoms with Crippen molar-refractivity contribution in [3.8, 4) is 0 Å². The number of hydrogen-bond donors (Lipinski definition) is 1. The van der Waals surface area contributed by atoms with E-state index in [0.717, 1.165) is 32.3 Å². The summed E-state index contributed by atoms with van der Waals surface area (Å²) in [7, 11) is 0. The van der Waals surface area contributed by atoms with Crippen LogP contribution in [-0.2, 0) is 9.47 Å². The van der Waals surface area contributed by atoms with Crippen LogP contribution < -0.4 is 0 Å². The van der Waals surface area contributed by atoms with Crippen molar-refractivity contribution >= 4 is 0 Å². The predicted molar refractivity (Wildman–Crippen MR) is 50.1 cm³/mol. The highest BCUT2D eigenvalue weighted by Gasteiger charge is 2.12. The van der Waals surface area contributed by atoms with E-state index in [1.54, 1.807) is 6.26 Å². The quantitative estimate of drug-likeness (QED) is 0.525. The Kier molecular flexibility index (Phi) is 5.61. The summed E-state index contributed by atoms with van der Waals surface area (Å²) < 4.78 is 10.7. The van der Waals surface area contributed by atoms with Gasteiger partial charge in [0.25, 0.3) is 0 Å². The van der Waals surface area contributed by atoms with Crippen molar-refractivity contribution in [3.63, 3.8) is 0 Å². The molecule has 1 saturated heterocycles. The largest absolute Gasteiger partial charge is 0.473 e. The van der Waals surface area contributed by atoms with Crippen LogP contribution in [-0.4, -0.2) is 24.6 Å². The predicted octanol–water partition coefficient (Wildman–Crippen LogP) is 1.82. The zero-order valence-electron chi connectivity index (χ0n) is 7.95. The topological polar surface area (TPSA) is 38.7 Å². The summed E-state index contributed by atoms with van der Waals surface area (Å²) in [6.07, 6.45) is 8.56. The van der Waals surface area contributed by atoms with Crippen molar-refractivity contribution in [1.82, 2.24) is 0 Å². The van der Waals surface area contributed by atoms with Gasteiger partial charge in [0.2, 0.25) is 0 Å². The normalized spacial score (nSPS) is 23.6. The number of rotatable bonds is 5. The van der Waals surface area contributed by atoms with E-state index in [0.29, 0.717) is 0 Å². The van der Waals surface area contributed by atoms with Gasteiger partial charge in [-0.15, -0.1) is 0 Å². The monoisotopic (exact) mass is 186 g/mol. The third-order valence-electron chi connectivity index (χ3n) is 1.99. The Morgan fingerprint density at radius 2 is 2.38 bits per heavy atom. The van der Waals surface area contributed by atoms with E-state index < -0.39 is 0 Å². The first kappa shape index (κ1) is 10.5. The van der Waals surface area contributed by atoms with Crippen LogP contribution in [0.1, 0.15) is 32.1 Å². The smallest absolute Gasteiger partial charge is 0.198 e. The van der Waals surface area contributed by atoms with Crippen LogP contribution >= 0.6 is 0 Å². The Balaban J connectivity index is 2.00. The molecular formula is C10H18O3. The zero-order chi connectivity index (χ0) is 9.36. The lowest BCUT2D eigenvalue weighted by Crippen LogP contribution is -2.19. The number of allylic oxidation sites excluding steroid dienone is 1. The standard InChI is InChI=1S/C10H18O3/c11-7-3-1-4-8-12-10-6-2-5-9-13-10/h4,8,10-11H,1-3,5-7,9H2. The third kappa shape index (κ3) is 4.90. The maximum atomic E-state index is 8.51. The summed E-state index contributed by atoms with van der Waals surface area (Å²) >= 11 is 0. The van der Waals surface area contributed by atoms with Crippen LogP contribution in [0.2, 0.25) is 0 Å². The van der Waals surface area contributed by atoms with E-state index in [1.165, 1.54) is 6.42 Å². The highest BCUT2D eigenvalue weighted by Crippen LogP contribution is 2.13. The lowest BCUT2D eigenvalue weighted by molar-refractivity contribution is -0.129. The molecule has 0 aromatic rings. The van der Waals surface area contributed by atoms with E-state index in [4.69, 9.17) is 14.6 Å². The molecule has 0 aromatic heterocycles. The Labute approximate surface area is 79.3 Å². The second-order valence-electron chi connectivity index (χ2n) is 3.17. The summed E-state index contributed by atoms with van der Waals surface area (Å²) in [6, 6.07) is 0. The SMILES string of the molecule is OCCCC=COC1CCCCO1. The minimum absolute atomic E-state index is 0.0425. The minimum Gasteiger partial charge on any atom is -0.473 e. The van der Waals surface area contributed by atoms with Crippen LogP contribution in [0, 0.1) is 0 Å². The molecule has 0 aromatic carbocycles. The van der Waals surface area contributed by atoms with Crippen molar-refractivity contribution in [2.75, 3.05) is 13.2 Å². The first-order valence-corrected chi connectivity index (χ1v) is 4.96. The second-order valence-corrected chi connectivity index (χ2v) is 3.17. The van der Waals surface area contributed by atoms with Crippen molar-refractivity contribution in [2.45, 2.75) is 38.4 Å². The van der Waals surface area contributed by atoms with Gasteiger partial charge in [-0.1, -0.05) is 0 Å². The highest BCUT2D eigenvalue weighted by atomic mass is 16.7. The van der Waals surface area contributed by atoms with Gasteiger partial charge in [-0.05, 0) is 31.8 Å². The van der Waals surface area contributed by atoms with Gasteiger partial charge in [-0.2, -0.15) is 0 Å². The van der Waals surface area contributed by atoms with Crippen molar-refractivity contribution in [2.24, 2.45) is 0 Å². The van der Waals surface area contributed by atoms with Gasteiger partial charge in [-0.3, -0.25) is 0 Å². The lowest BCUT2D eigenvalue weighted by Gasteiger charge is -2.21. The van der Waals surface area contributed by atoms with E-state index in [9.17, 15) is 0 Å². The molecule has 1 atom stereocenters. The fourth-order valence-corrected chi connectivity index (χ4v) is 1.24. The van der Waals surface area contributed by atoms with E-state index in [-0.39, 0.29) is 12.9 Å². The minimum atomic E-state index is -0.0425. The molecule has 1 unspecified atom stereocenters. The molecule has 0 radical (unpaired) electrons. The van der Waals surface area contributed by atoms with E-state index in [2.05, 4.69) is 0 Å². The molecular weight excluding hydrogens is 168 g/mol. The summed E-state index contributed by atoms with van der Waals surface area (Å²) in [4.78, 5) is 0. The lowest BCUT2D eigenvalue weighted by atomic mass is 10.2. The molecule has 0 saturated carbocycles. The van der Waals surface area contributed by atoms with Crippen LogP contribution in [0.25, 0.3) is 0 Å². The van der Waals surface area contributed by atoms with Crippen molar-refractivity contribution in [1.29, 1.82) is 0 Å². The molecule has 3 heteroatoms. The molecule has 1 N–H and O–H groups in total. The third-order valence-corrected chi connectivity index (χ3v) is 1.99. The first-order chi connectivity index (χ1) is 6.43. The first-order valence-electron chi connectivity index (χ1n) is 4.96. The molecule has 0 amide bonds. The van der Waals surface area contributed by atoms with Gasteiger partial charge in [0.15, 0.2) is 6.29 Å². The fourth-order valence-electron chi connectivity index (χ4n) is 1.24. The molecule has 0 spiro atoms. The second kappa shape index (κ2) is 6.92. The summed E-state index contributed by atoms with van der Waals surface area (Å²) in [5.41, 5.74) is 0. The summed E-state index contributed by atoms with van der Waals surface area (Å²) in [6.45, 7) is 1.05. The van der Waals surface area contributed by atoms with Crippen LogP contribution in [0.15, 0.2) is 12.3 Å². The Morgan fingerprint density at radius 3 is 3.08 bits per heavy atom. The van der Waals surface area contributed by atoms with Gasteiger partial charge in [-0.25, -0.2) is 0 Å². The molecule has 1 rings (SSSR count). The summed E-state index contributed by atoms with van der Waals surface area (Å²) in [5, 5.41) is 8.51. The van der Waals surface area contributed by atoms with Crippen LogP contribution in [0.5, 0.6) is 0 Å². The molecule has 0 bridgehead atoms. The van der Waals surface area contributed by atoms with Crippen molar-refractivity contribution in [3.05, 3.63) is 12.3 Å². The van der Waals surface area contributed by atoms with Crippen molar-refractivity contribution < 1.29 is 14.6 Å². The molecule has 1 fully saturated rings.